The molecule has 3 rings (SSSR count). The van der Waals surface area contributed by atoms with Crippen LogP contribution in [0.1, 0.15) is 23.8 Å². The number of aliphatic imine (C=N–C) groups is 1. The number of rotatable bonds is 8. The van der Waals surface area contributed by atoms with Crippen LogP contribution in [-0.2, 0) is 13.0 Å². The molecule has 1 aromatic carbocycles. The van der Waals surface area contributed by atoms with Crippen LogP contribution in [0.4, 0.5) is 11.8 Å². The first-order chi connectivity index (χ1) is 14.5. The highest BCUT2D eigenvalue weighted by atomic mass is 16.5. The summed E-state index contributed by atoms with van der Waals surface area (Å²) in [6.45, 7) is 2.26. The Morgan fingerprint density at radius 2 is 1.90 bits per heavy atom. The smallest absolute Gasteiger partial charge is 0.230 e. The second-order valence-electron chi connectivity index (χ2n) is 6.42. The topological polar surface area (TPSA) is 117 Å². The zero-order valence-corrected chi connectivity index (χ0v) is 17.4. The van der Waals surface area contributed by atoms with Crippen molar-refractivity contribution in [2.24, 2.45) is 4.99 Å². The van der Waals surface area contributed by atoms with Gasteiger partial charge in [-0.25, -0.2) is 4.98 Å². The van der Waals surface area contributed by atoms with Gasteiger partial charge in [-0.1, -0.05) is 0 Å². The number of furan rings is 1. The Hall–Kier alpha value is -3.75. The van der Waals surface area contributed by atoms with E-state index in [0.717, 1.165) is 16.9 Å². The highest BCUT2D eigenvalue weighted by Gasteiger charge is 2.15. The lowest BCUT2D eigenvalue weighted by atomic mass is 10.1. The molecule has 30 heavy (non-hydrogen) atoms. The summed E-state index contributed by atoms with van der Waals surface area (Å²) < 4.78 is 21.4. The van der Waals surface area contributed by atoms with Gasteiger partial charge in [-0.2, -0.15) is 4.98 Å². The Labute approximate surface area is 174 Å². The molecule has 158 valence electrons. The minimum Gasteiger partial charge on any atom is -0.493 e. The van der Waals surface area contributed by atoms with Crippen LogP contribution in [0.2, 0.25) is 0 Å². The average molecular weight is 411 g/mol. The van der Waals surface area contributed by atoms with E-state index >= 15 is 0 Å². The number of nitrogens with two attached hydrogens (primary N) is 1. The molecule has 3 N–H and O–H groups in total. The summed E-state index contributed by atoms with van der Waals surface area (Å²) in [7, 11) is 4.72. The fraction of sp³-hybridized carbons (Fsp3) is 0.286. The molecule has 2 heterocycles. The molecule has 0 bridgehead atoms. The Bertz CT molecular complexity index is 993. The van der Waals surface area contributed by atoms with Crippen molar-refractivity contribution < 1.29 is 18.6 Å². The number of hydrogen-bond donors (Lipinski definition) is 2. The molecular formula is C21H25N5O4. The molecule has 0 radical (unpaired) electrons. The monoisotopic (exact) mass is 411 g/mol. The van der Waals surface area contributed by atoms with E-state index < -0.39 is 0 Å². The number of hydrogen-bond acceptors (Lipinski definition) is 8. The van der Waals surface area contributed by atoms with Gasteiger partial charge in [-0.05, 0) is 36.8 Å². The maximum Gasteiger partial charge on any atom is 0.230 e. The van der Waals surface area contributed by atoms with Crippen LogP contribution in [0.5, 0.6) is 17.2 Å². The van der Waals surface area contributed by atoms with Crippen molar-refractivity contribution in [1.82, 2.24) is 9.97 Å². The fourth-order valence-corrected chi connectivity index (χ4v) is 2.87. The maximum atomic E-state index is 6.16. The summed E-state index contributed by atoms with van der Waals surface area (Å²) in [5.74, 6) is 3.88. The first kappa shape index (κ1) is 21.0. The van der Waals surface area contributed by atoms with Gasteiger partial charge in [0.1, 0.15) is 17.4 Å². The van der Waals surface area contributed by atoms with Gasteiger partial charge in [0.25, 0.3) is 0 Å². The zero-order chi connectivity index (χ0) is 21.5. The Morgan fingerprint density at radius 3 is 2.47 bits per heavy atom. The Balaban J connectivity index is 1.73. The summed E-state index contributed by atoms with van der Waals surface area (Å²) in [4.78, 5) is 13.1. The number of nitrogens with one attached hydrogen (secondary N) is 1. The van der Waals surface area contributed by atoms with E-state index in [4.69, 9.17) is 24.4 Å². The first-order valence-corrected chi connectivity index (χ1v) is 9.24. The molecule has 0 aliphatic rings. The van der Waals surface area contributed by atoms with Crippen molar-refractivity contribution in [2.45, 2.75) is 19.9 Å². The van der Waals surface area contributed by atoms with E-state index in [1.807, 2.05) is 31.2 Å². The van der Waals surface area contributed by atoms with E-state index in [1.54, 1.807) is 33.8 Å². The standard InChI is InChI=1S/C21H25N5O4/c1-13(23-12-16-6-5-7-30-16)25-21-24-11-15(20(22)26-21)8-14-9-17(27-2)19(29-4)18(10-14)28-3/h5-7,9-11H,8,12H2,1-4H3,(H3,22,23,24,25,26). The number of benzene rings is 1. The molecule has 0 atom stereocenters. The second kappa shape index (κ2) is 9.64. The minimum atomic E-state index is 0.375. The van der Waals surface area contributed by atoms with Crippen LogP contribution >= 0.6 is 0 Å². The van der Waals surface area contributed by atoms with Crippen LogP contribution in [0.15, 0.2) is 46.1 Å². The number of amidine groups is 1. The van der Waals surface area contributed by atoms with Crippen LogP contribution < -0.4 is 25.3 Å². The molecule has 9 heteroatoms. The van der Waals surface area contributed by atoms with E-state index in [0.29, 0.717) is 47.8 Å². The summed E-state index contributed by atoms with van der Waals surface area (Å²) in [6.07, 6.45) is 3.81. The van der Waals surface area contributed by atoms with Crippen LogP contribution in [0, 0.1) is 0 Å². The third-order valence-electron chi connectivity index (χ3n) is 4.36. The molecule has 0 spiro atoms. The molecule has 0 aliphatic carbocycles. The summed E-state index contributed by atoms with van der Waals surface area (Å²) in [5.41, 5.74) is 7.87. The number of nitrogen functional groups attached to an aromatic ring is 1. The lowest BCUT2D eigenvalue weighted by molar-refractivity contribution is 0.324. The van der Waals surface area contributed by atoms with E-state index in [1.165, 1.54) is 0 Å². The van der Waals surface area contributed by atoms with Crippen molar-refractivity contribution in [1.29, 1.82) is 0 Å². The molecule has 0 amide bonds. The molecule has 0 saturated heterocycles. The van der Waals surface area contributed by atoms with Crippen molar-refractivity contribution in [3.05, 3.63) is 53.6 Å². The van der Waals surface area contributed by atoms with Gasteiger partial charge in [0, 0.05) is 18.2 Å². The lowest BCUT2D eigenvalue weighted by Gasteiger charge is -2.14. The molecule has 3 aromatic rings. The third kappa shape index (κ3) is 4.99. The predicted molar refractivity (Wildman–Crippen MR) is 114 cm³/mol. The minimum absolute atomic E-state index is 0.375. The van der Waals surface area contributed by atoms with Crippen molar-refractivity contribution in [3.63, 3.8) is 0 Å². The number of aromatic nitrogens is 2. The van der Waals surface area contributed by atoms with Gasteiger partial charge in [-0.15, -0.1) is 0 Å². The van der Waals surface area contributed by atoms with Gasteiger partial charge >= 0.3 is 0 Å². The van der Waals surface area contributed by atoms with Gasteiger partial charge < -0.3 is 29.7 Å². The molecule has 0 saturated carbocycles. The number of methoxy groups -OCH3 is 3. The summed E-state index contributed by atoms with van der Waals surface area (Å²) >= 11 is 0. The van der Waals surface area contributed by atoms with Gasteiger partial charge in [0.2, 0.25) is 11.7 Å². The molecular weight excluding hydrogens is 386 g/mol. The largest absolute Gasteiger partial charge is 0.493 e. The number of anilines is 2. The van der Waals surface area contributed by atoms with E-state index in [-0.39, 0.29) is 0 Å². The Kier molecular flexibility index (Phi) is 6.74. The number of nitrogens with zero attached hydrogens (tertiary/aromatic N) is 3. The van der Waals surface area contributed by atoms with Gasteiger partial charge in [0.15, 0.2) is 11.5 Å². The SMILES string of the molecule is COc1cc(Cc2cnc(NC(C)=NCc3ccco3)nc2N)cc(OC)c1OC. The fourth-order valence-electron chi connectivity index (χ4n) is 2.87. The average Bonchev–Trinajstić information content (AvgIpc) is 3.27. The Morgan fingerprint density at radius 1 is 1.17 bits per heavy atom. The van der Waals surface area contributed by atoms with Crippen LogP contribution in [-0.4, -0.2) is 37.1 Å². The lowest BCUT2D eigenvalue weighted by Crippen LogP contribution is -2.12. The van der Waals surface area contributed by atoms with Crippen LogP contribution in [0.3, 0.4) is 0 Å². The highest BCUT2D eigenvalue weighted by Crippen LogP contribution is 2.38. The zero-order valence-electron chi connectivity index (χ0n) is 17.4. The summed E-state index contributed by atoms with van der Waals surface area (Å²) in [5, 5.41) is 3.04. The van der Waals surface area contributed by atoms with Gasteiger partial charge in [-0.3, -0.25) is 4.99 Å². The van der Waals surface area contributed by atoms with Crippen molar-refractivity contribution in [3.8, 4) is 17.2 Å². The molecule has 2 aromatic heterocycles. The molecule has 0 unspecified atom stereocenters. The van der Waals surface area contributed by atoms with Crippen LogP contribution in [0.25, 0.3) is 0 Å². The molecule has 0 aliphatic heterocycles. The quantitative estimate of drug-likeness (QED) is 0.428. The predicted octanol–water partition coefficient (Wildman–Crippen LogP) is 3.30. The maximum absolute atomic E-state index is 6.16. The third-order valence-corrected chi connectivity index (χ3v) is 4.36. The molecule has 0 fully saturated rings. The first-order valence-electron chi connectivity index (χ1n) is 9.24. The molecule has 9 nitrogen and oxygen atoms in total. The van der Waals surface area contributed by atoms with E-state index in [9.17, 15) is 0 Å². The van der Waals surface area contributed by atoms with Gasteiger partial charge in [0.05, 0.1) is 34.1 Å². The normalized spacial score (nSPS) is 11.3. The second-order valence-corrected chi connectivity index (χ2v) is 6.42. The highest BCUT2D eigenvalue weighted by molar-refractivity contribution is 5.91. The van der Waals surface area contributed by atoms with Crippen molar-refractivity contribution in [2.75, 3.05) is 32.4 Å². The summed E-state index contributed by atoms with van der Waals surface area (Å²) in [6, 6.07) is 7.43. The van der Waals surface area contributed by atoms with Crippen molar-refractivity contribution >= 4 is 17.6 Å². The van der Waals surface area contributed by atoms with E-state index in [2.05, 4.69) is 20.3 Å². The number of ether oxygens (including phenoxy) is 3.